The van der Waals surface area contributed by atoms with Gasteiger partial charge in [-0.15, -0.1) is 0 Å². The summed E-state index contributed by atoms with van der Waals surface area (Å²) in [6.07, 6.45) is 3.65. The third kappa shape index (κ3) is 4.52. The highest BCUT2D eigenvalue weighted by atomic mass is 19.2. The van der Waals surface area contributed by atoms with Crippen LogP contribution in [0.2, 0.25) is 0 Å². The van der Waals surface area contributed by atoms with Crippen LogP contribution in [-0.2, 0) is 6.54 Å². The van der Waals surface area contributed by atoms with E-state index >= 15 is 0 Å². The topological polar surface area (TPSA) is 77.8 Å². The van der Waals surface area contributed by atoms with Gasteiger partial charge in [0.05, 0.1) is 18.3 Å². The molecule has 1 aliphatic heterocycles. The molecular formula is C30H29F2N5O2. The SMILES string of the molecule is COc1cccc(Cn2c(-c3nc4cc(C(=O)N5CCC[C@@H](N)C5)ccn4c3C)cc3cc(F)c(F)cc32)c1. The zero-order valence-electron chi connectivity index (χ0n) is 21.8. The van der Waals surface area contributed by atoms with Gasteiger partial charge in [0.15, 0.2) is 11.6 Å². The molecule has 0 radical (unpaired) electrons. The van der Waals surface area contributed by atoms with Gasteiger partial charge in [0.1, 0.15) is 17.1 Å². The molecular weight excluding hydrogens is 500 g/mol. The van der Waals surface area contributed by atoms with Crippen molar-refractivity contribution >= 4 is 22.5 Å². The fourth-order valence-corrected chi connectivity index (χ4v) is 5.50. The van der Waals surface area contributed by atoms with Crippen molar-refractivity contribution in [3.8, 4) is 17.1 Å². The number of nitrogens with zero attached hydrogens (tertiary/aromatic N) is 4. The third-order valence-electron chi connectivity index (χ3n) is 7.52. The first-order valence-electron chi connectivity index (χ1n) is 13.0. The van der Waals surface area contributed by atoms with Crippen molar-refractivity contribution in [2.24, 2.45) is 5.73 Å². The zero-order valence-corrected chi connectivity index (χ0v) is 21.8. The van der Waals surface area contributed by atoms with E-state index in [1.54, 1.807) is 24.1 Å². The lowest BCUT2D eigenvalue weighted by Gasteiger charge is -2.30. The summed E-state index contributed by atoms with van der Waals surface area (Å²) < 4.78 is 37.8. The van der Waals surface area contributed by atoms with E-state index in [-0.39, 0.29) is 11.9 Å². The first kappa shape index (κ1) is 25.1. The Morgan fingerprint density at radius 3 is 2.74 bits per heavy atom. The lowest BCUT2D eigenvalue weighted by Crippen LogP contribution is -2.45. The van der Waals surface area contributed by atoms with E-state index in [1.165, 1.54) is 12.1 Å². The summed E-state index contributed by atoms with van der Waals surface area (Å²) in [5.74, 6) is -1.17. The molecule has 0 saturated carbocycles. The van der Waals surface area contributed by atoms with Crippen molar-refractivity contribution in [2.45, 2.75) is 32.4 Å². The summed E-state index contributed by atoms with van der Waals surface area (Å²) in [7, 11) is 1.60. The molecule has 1 atom stereocenters. The van der Waals surface area contributed by atoms with Crippen LogP contribution in [0.4, 0.5) is 8.78 Å². The highest BCUT2D eigenvalue weighted by Gasteiger charge is 2.24. The van der Waals surface area contributed by atoms with Crippen molar-refractivity contribution < 1.29 is 18.3 Å². The van der Waals surface area contributed by atoms with Crippen LogP contribution in [0.3, 0.4) is 0 Å². The molecule has 4 heterocycles. The Morgan fingerprint density at radius 2 is 1.95 bits per heavy atom. The second-order valence-electron chi connectivity index (χ2n) is 10.1. The van der Waals surface area contributed by atoms with Crippen LogP contribution in [0, 0.1) is 18.6 Å². The molecule has 39 heavy (non-hydrogen) atoms. The Kier molecular flexibility index (Phi) is 6.31. The minimum atomic E-state index is -0.911. The van der Waals surface area contributed by atoms with Crippen LogP contribution >= 0.6 is 0 Å². The number of rotatable bonds is 5. The number of fused-ring (bicyclic) bond motifs is 2. The van der Waals surface area contributed by atoms with Gasteiger partial charge in [-0.1, -0.05) is 12.1 Å². The Hall–Kier alpha value is -4.24. The number of nitrogens with two attached hydrogens (primary N) is 1. The molecule has 0 bridgehead atoms. The van der Waals surface area contributed by atoms with Crippen LogP contribution in [-0.4, -0.2) is 51.0 Å². The number of ether oxygens (including phenoxy) is 1. The molecule has 1 saturated heterocycles. The van der Waals surface area contributed by atoms with Crippen molar-refractivity contribution in [3.05, 3.63) is 89.2 Å². The van der Waals surface area contributed by atoms with Gasteiger partial charge in [0, 0.05) is 54.6 Å². The number of benzene rings is 2. The van der Waals surface area contributed by atoms with E-state index < -0.39 is 11.6 Å². The second-order valence-corrected chi connectivity index (χ2v) is 10.1. The summed E-state index contributed by atoms with van der Waals surface area (Å²) >= 11 is 0. The van der Waals surface area contributed by atoms with Crippen LogP contribution in [0.15, 0.2) is 60.8 Å². The Labute approximate surface area is 224 Å². The van der Waals surface area contributed by atoms with Gasteiger partial charge in [0.25, 0.3) is 5.91 Å². The van der Waals surface area contributed by atoms with Crippen molar-refractivity contribution in [2.75, 3.05) is 20.2 Å². The number of piperidine rings is 1. The number of hydrogen-bond acceptors (Lipinski definition) is 4. The maximum absolute atomic E-state index is 14.4. The average molecular weight is 530 g/mol. The van der Waals surface area contributed by atoms with Crippen LogP contribution in [0.25, 0.3) is 27.9 Å². The number of hydrogen-bond donors (Lipinski definition) is 1. The van der Waals surface area contributed by atoms with Gasteiger partial charge in [0.2, 0.25) is 0 Å². The highest BCUT2D eigenvalue weighted by Crippen LogP contribution is 2.33. The number of pyridine rings is 1. The number of aromatic nitrogens is 3. The number of halogens is 2. The second kappa shape index (κ2) is 9.81. The molecule has 0 aliphatic carbocycles. The molecule has 2 N–H and O–H groups in total. The first-order chi connectivity index (χ1) is 18.8. The summed E-state index contributed by atoms with van der Waals surface area (Å²) in [5.41, 5.74) is 11.0. The molecule has 0 spiro atoms. The number of methoxy groups -OCH3 is 1. The maximum atomic E-state index is 14.4. The van der Waals surface area contributed by atoms with E-state index in [9.17, 15) is 13.6 Å². The molecule has 6 rings (SSSR count). The van der Waals surface area contributed by atoms with Crippen LogP contribution in [0.5, 0.6) is 5.75 Å². The number of imidazole rings is 1. The van der Waals surface area contributed by atoms with Gasteiger partial charge in [-0.25, -0.2) is 13.8 Å². The summed E-state index contributed by atoms with van der Waals surface area (Å²) in [4.78, 5) is 19.9. The fraction of sp³-hybridized carbons (Fsp3) is 0.267. The number of carbonyl (C=O) groups excluding carboxylic acids is 1. The van der Waals surface area contributed by atoms with Gasteiger partial charge in [-0.2, -0.15) is 0 Å². The normalized spacial score (nSPS) is 15.8. The van der Waals surface area contributed by atoms with E-state index in [2.05, 4.69) is 0 Å². The third-order valence-corrected chi connectivity index (χ3v) is 7.52. The Bertz CT molecular complexity index is 1720. The molecule has 5 aromatic rings. The standard InChI is InChI=1S/C30H29F2N5O2/c1-18-29(34-28-14-20(8-10-36(18)28)30(38)35-9-4-6-22(33)17-35)27-13-21-12-24(31)25(32)15-26(21)37(27)16-19-5-3-7-23(11-19)39-2/h3,5,7-8,10-15,22H,4,6,9,16-17,33H2,1-2H3/t22-/m1/s1. The lowest BCUT2D eigenvalue weighted by molar-refractivity contribution is 0.0709. The molecule has 1 amide bonds. The van der Waals surface area contributed by atoms with Gasteiger partial charge < -0.3 is 24.3 Å². The highest BCUT2D eigenvalue weighted by molar-refractivity contribution is 5.95. The van der Waals surface area contributed by atoms with Crippen LogP contribution < -0.4 is 10.5 Å². The van der Waals surface area contributed by atoms with Gasteiger partial charge in [-0.05, 0) is 61.7 Å². The largest absolute Gasteiger partial charge is 0.497 e. The molecule has 0 unspecified atom stereocenters. The van der Waals surface area contributed by atoms with E-state index in [4.69, 9.17) is 15.5 Å². The van der Waals surface area contributed by atoms with E-state index in [1.807, 2.05) is 52.4 Å². The lowest BCUT2D eigenvalue weighted by atomic mass is 10.1. The first-order valence-corrected chi connectivity index (χ1v) is 13.0. The fourth-order valence-electron chi connectivity index (χ4n) is 5.50. The molecule has 2 aromatic carbocycles. The molecule has 1 fully saturated rings. The number of amides is 1. The molecule has 200 valence electrons. The van der Waals surface area contributed by atoms with E-state index in [0.29, 0.717) is 58.9 Å². The molecule has 7 nitrogen and oxygen atoms in total. The van der Waals surface area contributed by atoms with Crippen molar-refractivity contribution in [1.29, 1.82) is 0 Å². The number of carbonyl (C=O) groups is 1. The molecule has 9 heteroatoms. The summed E-state index contributed by atoms with van der Waals surface area (Å²) in [5, 5.41) is 0.570. The predicted molar refractivity (Wildman–Crippen MR) is 146 cm³/mol. The monoisotopic (exact) mass is 529 g/mol. The number of likely N-dealkylation sites (tertiary alicyclic amines) is 1. The molecule has 1 aliphatic rings. The van der Waals surface area contributed by atoms with Gasteiger partial charge in [-0.3, -0.25) is 4.79 Å². The van der Waals surface area contributed by atoms with Crippen molar-refractivity contribution in [1.82, 2.24) is 18.9 Å². The van der Waals surface area contributed by atoms with E-state index in [0.717, 1.165) is 24.1 Å². The Morgan fingerprint density at radius 1 is 1.13 bits per heavy atom. The Balaban J connectivity index is 1.46. The molecule has 3 aromatic heterocycles. The smallest absolute Gasteiger partial charge is 0.254 e. The number of aryl methyl sites for hydroxylation is 1. The maximum Gasteiger partial charge on any atom is 0.254 e. The minimum Gasteiger partial charge on any atom is -0.497 e. The van der Waals surface area contributed by atoms with Crippen LogP contribution in [0.1, 0.15) is 34.5 Å². The quantitative estimate of drug-likeness (QED) is 0.341. The summed E-state index contributed by atoms with van der Waals surface area (Å²) in [6, 6.07) is 15.5. The van der Waals surface area contributed by atoms with Gasteiger partial charge >= 0.3 is 0 Å². The zero-order chi connectivity index (χ0) is 27.3. The predicted octanol–water partition coefficient (Wildman–Crippen LogP) is 5.16. The van der Waals surface area contributed by atoms with Crippen molar-refractivity contribution in [3.63, 3.8) is 0 Å². The average Bonchev–Trinajstić information content (AvgIpc) is 3.44. The minimum absolute atomic E-state index is 0.00659. The summed E-state index contributed by atoms with van der Waals surface area (Å²) in [6.45, 7) is 3.57.